The Labute approximate surface area is 166 Å². The third-order valence-electron chi connectivity index (χ3n) is 3.75. The lowest BCUT2D eigenvalue weighted by Gasteiger charge is -2.05. The van der Waals surface area contributed by atoms with E-state index in [-0.39, 0.29) is 17.6 Å². The number of carbonyl (C=O) groups is 2. The number of hydrogen-bond donors (Lipinski definition) is 2. The maximum atomic E-state index is 12.4. The monoisotopic (exact) mass is 400 g/mol. The number of rotatable bonds is 8. The van der Waals surface area contributed by atoms with Crippen molar-refractivity contribution < 1.29 is 14.0 Å². The summed E-state index contributed by atoms with van der Waals surface area (Å²) in [6.07, 6.45) is 1.45. The standard InChI is InChI=1S/C20H20N2O3S2/c1-14-12-17(22-19(23)16-8-5-10-25-16)27-18(14)20(24)21-9-11-26-13-15-6-3-2-4-7-15/h2-8,10,12H,9,11,13H2,1H3,(H,21,24)(H,22,23). The molecule has 0 atom stereocenters. The third kappa shape index (κ3) is 5.48. The van der Waals surface area contributed by atoms with Crippen molar-refractivity contribution in [3.63, 3.8) is 0 Å². The van der Waals surface area contributed by atoms with Crippen LogP contribution in [0.5, 0.6) is 0 Å². The van der Waals surface area contributed by atoms with Crippen molar-refractivity contribution in [3.05, 3.63) is 76.6 Å². The topological polar surface area (TPSA) is 71.3 Å². The molecule has 0 saturated carbocycles. The number of benzene rings is 1. The van der Waals surface area contributed by atoms with Crippen LogP contribution in [0.25, 0.3) is 0 Å². The highest BCUT2D eigenvalue weighted by Gasteiger charge is 2.16. The summed E-state index contributed by atoms with van der Waals surface area (Å²) in [5, 5.41) is 6.32. The van der Waals surface area contributed by atoms with E-state index >= 15 is 0 Å². The van der Waals surface area contributed by atoms with Gasteiger partial charge in [0, 0.05) is 18.1 Å². The van der Waals surface area contributed by atoms with Crippen LogP contribution in [0.2, 0.25) is 0 Å². The molecule has 27 heavy (non-hydrogen) atoms. The number of carbonyl (C=O) groups excluding carboxylic acids is 2. The van der Waals surface area contributed by atoms with Gasteiger partial charge in [-0.3, -0.25) is 9.59 Å². The Kier molecular flexibility index (Phi) is 6.73. The van der Waals surface area contributed by atoms with Crippen LogP contribution in [-0.4, -0.2) is 24.1 Å². The first kappa shape index (κ1) is 19.3. The minimum atomic E-state index is -0.328. The zero-order valence-corrected chi connectivity index (χ0v) is 16.5. The number of thioether (sulfide) groups is 1. The minimum absolute atomic E-state index is 0.115. The number of aryl methyl sites for hydroxylation is 1. The molecule has 2 amide bonds. The van der Waals surface area contributed by atoms with Gasteiger partial charge in [0.25, 0.3) is 11.8 Å². The average molecular weight is 401 g/mol. The normalized spacial score (nSPS) is 10.6. The number of amides is 2. The van der Waals surface area contributed by atoms with E-state index in [0.29, 0.717) is 16.4 Å². The molecule has 0 aliphatic heterocycles. The van der Waals surface area contributed by atoms with Crippen LogP contribution < -0.4 is 10.6 Å². The van der Waals surface area contributed by atoms with Crippen molar-refractivity contribution in [1.82, 2.24) is 5.32 Å². The maximum absolute atomic E-state index is 12.4. The summed E-state index contributed by atoms with van der Waals surface area (Å²) < 4.78 is 5.07. The van der Waals surface area contributed by atoms with Gasteiger partial charge in [-0.15, -0.1) is 11.3 Å². The van der Waals surface area contributed by atoms with Crippen molar-refractivity contribution in [1.29, 1.82) is 0 Å². The molecule has 2 aromatic heterocycles. The van der Waals surface area contributed by atoms with E-state index in [1.807, 2.05) is 25.1 Å². The fourth-order valence-corrected chi connectivity index (χ4v) is 4.23. The fourth-order valence-electron chi connectivity index (χ4n) is 2.43. The highest BCUT2D eigenvalue weighted by atomic mass is 32.2. The number of thiophene rings is 1. The number of furan rings is 1. The molecule has 140 valence electrons. The van der Waals surface area contributed by atoms with Crippen LogP contribution in [0.3, 0.4) is 0 Å². The molecule has 0 aliphatic carbocycles. The summed E-state index contributed by atoms with van der Waals surface area (Å²) in [6.45, 7) is 2.46. The molecular weight excluding hydrogens is 380 g/mol. The van der Waals surface area contributed by atoms with Crippen molar-refractivity contribution in [2.45, 2.75) is 12.7 Å². The summed E-state index contributed by atoms with van der Waals surface area (Å²) in [6, 6.07) is 15.3. The Hall–Kier alpha value is -2.51. The molecule has 0 bridgehead atoms. The SMILES string of the molecule is Cc1cc(NC(=O)c2ccco2)sc1C(=O)NCCSCc1ccccc1. The average Bonchev–Trinajstić information content (AvgIpc) is 3.32. The summed E-state index contributed by atoms with van der Waals surface area (Å²) >= 11 is 3.04. The molecular formula is C20H20N2O3S2. The van der Waals surface area contributed by atoms with Crippen LogP contribution in [0, 0.1) is 6.92 Å². The second-order valence-corrected chi connectivity index (χ2v) is 8.01. The van der Waals surface area contributed by atoms with Gasteiger partial charge >= 0.3 is 0 Å². The lowest BCUT2D eigenvalue weighted by Crippen LogP contribution is -2.25. The predicted octanol–water partition coefficient (Wildman–Crippen LogP) is 4.57. The largest absolute Gasteiger partial charge is 0.459 e. The molecule has 7 heteroatoms. The summed E-state index contributed by atoms with van der Waals surface area (Å²) in [7, 11) is 0. The second-order valence-electron chi connectivity index (χ2n) is 5.85. The van der Waals surface area contributed by atoms with Gasteiger partial charge in [-0.25, -0.2) is 0 Å². The molecule has 0 unspecified atom stereocenters. The Bertz CT molecular complexity index is 889. The van der Waals surface area contributed by atoms with Crippen molar-refractivity contribution in [3.8, 4) is 0 Å². The third-order valence-corrected chi connectivity index (χ3v) is 5.93. The van der Waals surface area contributed by atoms with E-state index in [2.05, 4.69) is 22.8 Å². The van der Waals surface area contributed by atoms with Gasteiger partial charge in [-0.05, 0) is 36.2 Å². The summed E-state index contributed by atoms with van der Waals surface area (Å²) in [5.74, 6) is 1.56. The molecule has 0 aliphatic rings. The number of anilines is 1. The molecule has 1 aromatic carbocycles. The van der Waals surface area contributed by atoms with Crippen molar-refractivity contribution in [2.75, 3.05) is 17.6 Å². The molecule has 2 heterocycles. The molecule has 2 N–H and O–H groups in total. The first-order valence-corrected chi connectivity index (χ1v) is 10.5. The van der Waals surface area contributed by atoms with Gasteiger partial charge in [0.15, 0.2) is 5.76 Å². The number of nitrogens with one attached hydrogen (secondary N) is 2. The van der Waals surface area contributed by atoms with E-state index in [1.165, 1.54) is 23.2 Å². The van der Waals surface area contributed by atoms with Crippen LogP contribution in [0.4, 0.5) is 5.00 Å². The predicted molar refractivity (Wildman–Crippen MR) is 111 cm³/mol. The second kappa shape index (κ2) is 9.43. The molecule has 5 nitrogen and oxygen atoms in total. The number of hydrogen-bond acceptors (Lipinski definition) is 5. The van der Waals surface area contributed by atoms with E-state index in [1.54, 1.807) is 30.0 Å². The molecule has 0 saturated heterocycles. The Morgan fingerprint density at radius 1 is 1.11 bits per heavy atom. The van der Waals surface area contributed by atoms with Crippen LogP contribution in [-0.2, 0) is 5.75 Å². The fraction of sp³-hybridized carbons (Fsp3) is 0.200. The Morgan fingerprint density at radius 3 is 2.67 bits per heavy atom. The molecule has 0 radical (unpaired) electrons. The van der Waals surface area contributed by atoms with E-state index in [0.717, 1.165) is 17.1 Å². The summed E-state index contributed by atoms with van der Waals surface area (Å²) in [4.78, 5) is 25.0. The van der Waals surface area contributed by atoms with Crippen LogP contribution in [0.15, 0.2) is 59.2 Å². The molecule has 0 fully saturated rings. The first-order valence-electron chi connectivity index (χ1n) is 8.48. The van der Waals surface area contributed by atoms with Crippen LogP contribution >= 0.6 is 23.1 Å². The van der Waals surface area contributed by atoms with E-state index < -0.39 is 0 Å². The van der Waals surface area contributed by atoms with Gasteiger partial charge in [-0.2, -0.15) is 11.8 Å². The zero-order valence-electron chi connectivity index (χ0n) is 14.9. The zero-order chi connectivity index (χ0) is 19.1. The molecule has 3 rings (SSSR count). The van der Waals surface area contributed by atoms with Gasteiger partial charge in [0.2, 0.25) is 0 Å². The highest BCUT2D eigenvalue weighted by molar-refractivity contribution is 7.98. The smallest absolute Gasteiger partial charge is 0.291 e. The van der Waals surface area contributed by atoms with Gasteiger partial charge in [-0.1, -0.05) is 30.3 Å². The van der Waals surface area contributed by atoms with Crippen LogP contribution in [0.1, 0.15) is 31.4 Å². The lowest BCUT2D eigenvalue weighted by molar-refractivity contribution is 0.0958. The van der Waals surface area contributed by atoms with Gasteiger partial charge in [0.1, 0.15) is 0 Å². The first-order chi connectivity index (χ1) is 13.1. The van der Waals surface area contributed by atoms with E-state index in [9.17, 15) is 9.59 Å². The van der Waals surface area contributed by atoms with E-state index in [4.69, 9.17) is 4.42 Å². The highest BCUT2D eigenvalue weighted by Crippen LogP contribution is 2.27. The molecule has 0 spiro atoms. The Morgan fingerprint density at radius 2 is 1.93 bits per heavy atom. The van der Waals surface area contributed by atoms with Crippen molar-refractivity contribution >= 4 is 39.9 Å². The quantitative estimate of drug-likeness (QED) is 0.544. The maximum Gasteiger partial charge on any atom is 0.291 e. The lowest BCUT2D eigenvalue weighted by atomic mass is 10.2. The Balaban J connectivity index is 1.45. The molecule has 3 aromatic rings. The van der Waals surface area contributed by atoms with Gasteiger partial charge < -0.3 is 15.1 Å². The minimum Gasteiger partial charge on any atom is -0.459 e. The van der Waals surface area contributed by atoms with Gasteiger partial charge in [0.05, 0.1) is 16.1 Å². The van der Waals surface area contributed by atoms with Crippen molar-refractivity contribution in [2.24, 2.45) is 0 Å². The summed E-state index contributed by atoms with van der Waals surface area (Å²) in [5.41, 5.74) is 2.11.